The largest absolute Gasteiger partial charge is 0.396 e. The highest BCUT2D eigenvalue weighted by Crippen LogP contribution is 2.32. The Hall–Kier alpha value is -1.47. The molecule has 1 N–H and O–H groups in total. The van der Waals surface area contributed by atoms with Gasteiger partial charge < -0.3 is 19.6 Å². The molecule has 2 rings (SSSR count). The predicted molar refractivity (Wildman–Crippen MR) is 86.5 cm³/mol. The molecule has 0 amide bonds. The number of aliphatic hydroxyl groups is 1. The highest BCUT2D eigenvalue weighted by Gasteiger charge is 2.39. The fourth-order valence-corrected chi connectivity index (χ4v) is 2.67. The Labute approximate surface area is 132 Å². The van der Waals surface area contributed by atoms with Gasteiger partial charge in [0.25, 0.3) is 0 Å². The maximum Gasteiger partial charge on any atom is 0.230 e. The number of hydrogen-bond donors (Lipinski definition) is 1. The van der Waals surface area contributed by atoms with Gasteiger partial charge in [-0.15, -0.1) is 0 Å². The minimum Gasteiger partial charge on any atom is -0.396 e. The van der Waals surface area contributed by atoms with Crippen LogP contribution in [0.15, 0.2) is 0 Å². The second kappa shape index (κ2) is 6.75. The van der Waals surface area contributed by atoms with Crippen molar-refractivity contribution < 1.29 is 9.84 Å². The van der Waals surface area contributed by atoms with Crippen LogP contribution in [-0.4, -0.2) is 67.6 Å². The zero-order valence-corrected chi connectivity index (χ0v) is 14.2. The molecular weight excluding hydrogens is 282 g/mol. The molecule has 1 aromatic rings. The smallest absolute Gasteiger partial charge is 0.230 e. The number of methoxy groups -OCH3 is 1. The van der Waals surface area contributed by atoms with Gasteiger partial charge in [0, 0.05) is 45.6 Å². The van der Waals surface area contributed by atoms with Crippen LogP contribution < -0.4 is 9.80 Å². The third kappa shape index (κ3) is 3.47. The van der Waals surface area contributed by atoms with E-state index in [1.165, 1.54) is 0 Å². The molecule has 0 spiro atoms. The van der Waals surface area contributed by atoms with Crippen molar-refractivity contribution in [2.75, 3.05) is 57.3 Å². The number of aliphatic hydroxyl groups excluding tert-OH is 1. The number of anilines is 2. The van der Waals surface area contributed by atoms with Crippen LogP contribution >= 0.6 is 0 Å². The monoisotopic (exact) mass is 309 g/mol. The van der Waals surface area contributed by atoms with E-state index in [1.54, 1.807) is 7.11 Å². The normalized spacial score (nSPS) is 21.7. The molecular formula is C15H27N5O2. The summed E-state index contributed by atoms with van der Waals surface area (Å²) >= 11 is 0. The molecule has 1 aliphatic rings. The Bertz CT molecular complexity index is 482. The van der Waals surface area contributed by atoms with Crippen LogP contribution in [0.4, 0.5) is 11.9 Å². The Morgan fingerprint density at radius 1 is 1.32 bits per heavy atom. The third-order valence-corrected chi connectivity index (χ3v) is 4.05. The van der Waals surface area contributed by atoms with E-state index in [0.29, 0.717) is 25.0 Å². The lowest BCUT2D eigenvalue weighted by Crippen LogP contribution is -2.35. The molecule has 1 aromatic heterocycles. The first-order valence-corrected chi connectivity index (χ1v) is 7.69. The van der Waals surface area contributed by atoms with E-state index in [2.05, 4.69) is 33.7 Å². The van der Waals surface area contributed by atoms with Crippen LogP contribution in [0.3, 0.4) is 0 Å². The number of hydrogen-bond acceptors (Lipinski definition) is 7. The summed E-state index contributed by atoms with van der Waals surface area (Å²) in [7, 11) is 5.52. The van der Waals surface area contributed by atoms with Gasteiger partial charge in [-0.25, -0.2) is 0 Å². The molecule has 0 aromatic carbocycles. The molecule has 22 heavy (non-hydrogen) atoms. The van der Waals surface area contributed by atoms with Gasteiger partial charge in [-0.05, 0) is 6.42 Å². The highest BCUT2D eigenvalue weighted by atomic mass is 16.5. The SMILES string of the molecule is COCC1(CO)CCN(c2nc(C(C)C)nc(N(C)C)n2)C1. The maximum absolute atomic E-state index is 9.73. The molecule has 1 saturated heterocycles. The third-order valence-electron chi connectivity index (χ3n) is 4.05. The van der Waals surface area contributed by atoms with Crippen molar-refractivity contribution in [1.29, 1.82) is 0 Å². The summed E-state index contributed by atoms with van der Waals surface area (Å²) in [5, 5.41) is 9.73. The standard InChI is InChI=1S/C15H27N5O2/c1-11(2)12-16-13(19(3)4)18-14(17-12)20-7-6-15(8-20,9-21)10-22-5/h11,21H,6-10H2,1-5H3. The van der Waals surface area contributed by atoms with E-state index in [9.17, 15) is 5.11 Å². The zero-order valence-electron chi connectivity index (χ0n) is 14.2. The van der Waals surface area contributed by atoms with Gasteiger partial charge in [0.2, 0.25) is 11.9 Å². The first-order chi connectivity index (χ1) is 10.4. The molecule has 7 heteroatoms. The van der Waals surface area contributed by atoms with Crippen LogP contribution in [0, 0.1) is 5.41 Å². The minimum absolute atomic E-state index is 0.111. The van der Waals surface area contributed by atoms with E-state index in [-0.39, 0.29) is 17.9 Å². The first kappa shape index (κ1) is 16.9. The van der Waals surface area contributed by atoms with Crippen LogP contribution in [0.25, 0.3) is 0 Å². The van der Waals surface area contributed by atoms with E-state index < -0.39 is 0 Å². The molecule has 7 nitrogen and oxygen atoms in total. The Kier molecular flexibility index (Phi) is 5.18. The molecule has 0 bridgehead atoms. The van der Waals surface area contributed by atoms with Gasteiger partial charge >= 0.3 is 0 Å². The first-order valence-electron chi connectivity index (χ1n) is 7.69. The highest BCUT2D eigenvalue weighted by molar-refractivity contribution is 5.40. The summed E-state index contributed by atoms with van der Waals surface area (Å²) in [5.74, 6) is 2.39. The van der Waals surface area contributed by atoms with Crippen LogP contribution in [-0.2, 0) is 4.74 Å². The maximum atomic E-state index is 9.73. The topological polar surface area (TPSA) is 74.6 Å². The van der Waals surface area contributed by atoms with E-state index in [4.69, 9.17) is 4.74 Å². The van der Waals surface area contributed by atoms with Gasteiger partial charge in [-0.2, -0.15) is 15.0 Å². The van der Waals surface area contributed by atoms with Gasteiger partial charge in [-0.1, -0.05) is 13.8 Å². The summed E-state index contributed by atoms with van der Waals surface area (Å²) in [6, 6.07) is 0. The van der Waals surface area contributed by atoms with Gasteiger partial charge in [0.05, 0.1) is 13.2 Å². The van der Waals surface area contributed by atoms with Crippen molar-refractivity contribution in [2.24, 2.45) is 5.41 Å². The second-order valence-electron chi connectivity index (χ2n) is 6.61. The molecule has 0 radical (unpaired) electrons. The molecule has 1 fully saturated rings. The van der Waals surface area contributed by atoms with Crippen molar-refractivity contribution in [2.45, 2.75) is 26.2 Å². The van der Waals surface area contributed by atoms with Crippen molar-refractivity contribution in [3.63, 3.8) is 0 Å². The number of rotatable bonds is 6. The quantitative estimate of drug-likeness (QED) is 0.836. The lowest BCUT2D eigenvalue weighted by atomic mass is 9.89. The molecule has 1 atom stereocenters. The molecule has 0 aliphatic carbocycles. The molecule has 124 valence electrons. The lowest BCUT2D eigenvalue weighted by molar-refractivity contribution is 0.0447. The van der Waals surface area contributed by atoms with Gasteiger partial charge in [0.15, 0.2) is 0 Å². The average Bonchev–Trinajstić information content (AvgIpc) is 2.92. The number of aromatic nitrogens is 3. The summed E-state index contributed by atoms with van der Waals surface area (Å²) in [5.41, 5.74) is -0.225. The van der Waals surface area contributed by atoms with Gasteiger partial charge in [-0.3, -0.25) is 0 Å². The fraction of sp³-hybridized carbons (Fsp3) is 0.800. The summed E-state index contributed by atoms with van der Waals surface area (Å²) in [6.45, 7) is 6.32. The Balaban J connectivity index is 2.29. The molecule has 0 saturated carbocycles. The van der Waals surface area contributed by atoms with E-state index in [0.717, 1.165) is 18.8 Å². The number of nitrogens with zero attached hydrogens (tertiary/aromatic N) is 5. The van der Waals surface area contributed by atoms with Crippen LogP contribution in [0.2, 0.25) is 0 Å². The average molecular weight is 309 g/mol. The van der Waals surface area contributed by atoms with Crippen LogP contribution in [0.1, 0.15) is 32.0 Å². The minimum atomic E-state index is -0.225. The summed E-state index contributed by atoms with van der Waals surface area (Å²) in [4.78, 5) is 17.7. The number of ether oxygens (including phenoxy) is 1. The van der Waals surface area contributed by atoms with Crippen molar-refractivity contribution in [3.05, 3.63) is 5.82 Å². The van der Waals surface area contributed by atoms with Crippen molar-refractivity contribution in [3.8, 4) is 0 Å². The predicted octanol–water partition coefficient (Wildman–Crippen LogP) is 0.896. The fourth-order valence-electron chi connectivity index (χ4n) is 2.67. The van der Waals surface area contributed by atoms with E-state index in [1.807, 2.05) is 19.0 Å². The second-order valence-corrected chi connectivity index (χ2v) is 6.61. The van der Waals surface area contributed by atoms with E-state index >= 15 is 0 Å². The zero-order chi connectivity index (χ0) is 16.3. The van der Waals surface area contributed by atoms with Gasteiger partial charge in [0.1, 0.15) is 5.82 Å². The Morgan fingerprint density at radius 3 is 2.59 bits per heavy atom. The lowest BCUT2D eigenvalue weighted by Gasteiger charge is -2.26. The molecule has 1 unspecified atom stereocenters. The van der Waals surface area contributed by atoms with Crippen molar-refractivity contribution in [1.82, 2.24) is 15.0 Å². The Morgan fingerprint density at radius 2 is 2.05 bits per heavy atom. The molecule has 1 aliphatic heterocycles. The molecule has 2 heterocycles. The summed E-state index contributed by atoms with van der Waals surface area (Å²) in [6.07, 6.45) is 0.872. The van der Waals surface area contributed by atoms with Crippen molar-refractivity contribution >= 4 is 11.9 Å². The summed E-state index contributed by atoms with van der Waals surface area (Å²) < 4.78 is 5.28. The van der Waals surface area contributed by atoms with Crippen LogP contribution in [0.5, 0.6) is 0 Å².